The lowest BCUT2D eigenvalue weighted by molar-refractivity contribution is -0.125. The fraction of sp³-hybridized carbons (Fsp3) is 0.368. The Hall–Kier alpha value is -3.16. The van der Waals surface area contributed by atoms with Crippen LogP contribution >= 0.6 is 0 Å². The molecule has 3 rings (SSSR count). The minimum atomic E-state index is -0.232. The van der Waals surface area contributed by atoms with E-state index in [9.17, 15) is 14.4 Å². The Morgan fingerprint density at radius 2 is 2.04 bits per heavy atom. The van der Waals surface area contributed by atoms with Crippen LogP contribution in [0.5, 0.6) is 0 Å². The highest BCUT2D eigenvalue weighted by Gasteiger charge is 2.26. The minimum absolute atomic E-state index is 0.0221. The molecule has 0 radical (unpaired) electrons. The van der Waals surface area contributed by atoms with Crippen LogP contribution in [-0.2, 0) is 20.9 Å². The number of fused-ring (bicyclic) bond motifs is 1. The summed E-state index contributed by atoms with van der Waals surface area (Å²) >= 11 is 0. The van der Waals surface area contributed by atoms with E-state index in [0.717, 1.165) is 19.4 Å². The molecule has 3 amide bonds. The molecule has 2 aromatic rings. The standard InChI is InChI=1S/C19H23N5O3/c25-17(21-9-3-4-11-23-12-10-20-14-23)7-8-19(27)24-13-18(26)22-15-5-1-2-6-16(15)24/h1-2,5-6,10,12,14H,3-4,7-9,11,13H2,(H,21,25)(H,22,26). The summed E-state index contributed by atoms with van der Waals surface area (Å²) in [6.07, 6.45) is 7.39. The van der Waals surface area contributed by atoms with Gasteiger partial charge in [-0.25, -0.2) is 4.98 Å². The molecule has 0 saturated carbocycles. The van der Waals surface area contributed by atoms with Gasteiger partial charge < -0.3 is 20.1 Å². The van der Waals surface area contributed by atoms with Crippen LogP contribution in [0.25, 0.3) is 0 Å². The summed E-state index contributed by atoms with van der Waals surface area (Å²) < 4.78 is 1.99. The van der Waals surface area contributed by atoms with Crippen LogP contribution in [0.1, 0.15) is 25.7 Å². The third-order valence-corrected chi connectivity index (χ3v) is 4.36. The van der Waals surface area contributed by atoms with E-state index in [4.69, 9.17) is 0 Å². The monoisotopic (exact) mass is 369 g/mol. The molecule has 0 fully saturated rings. The van der Waals surface area contributed by atoms with E-state index in [2.05, 4.69) is 15.6 Å². The second-order valence-corrected chi connectivity index (χ2v) is 6.40. The van der Waals surface area contributed by atoms with Gasteiger partial charge in [0.05, 0.1) is 17.7 Å². The Morgan fingerprint density at radius 1 is 1.19 bits per heavy atom. The largest absolute Gasteiger partial charge is 0.356 e. The summed E-state index contributed by atoms with van der Waals surface area (Å²) in [4.78, 5) is 41.6. The van der Waals surface area contributed by atoms with Crippen LogP contribution in [0.2, 0.25) is 0 Å². The number of imidazole rings is 1. The zero-order valence-corrected chi connectivity index (χ0v) is 15.1. The zero-order valence-electron chi connectivity index (χ0n) is 15.1. The van der Waals surface area contributed by atoms with Crippen molar-refractivity contribution in [3.05, 3.63) is 43.0 Å². The third kappa shape index (κ3) is 5.16. The maximum Gasteiger partial charge on any atom is 0.244 e. The quantitative estimate of drug-likeness (QED) is 0.690. The number of rotatable bonds is 8. The molecule has 2 N–H and O–H groups in total. The number of benzene rings is 1. The maximum atomic E-state index is 12.5. The predicted octanol–water partition coefficient (Wildman–Crippen LogP) is 1.54. The van der Waals surface area contributed by atoms with E-state index >= 15 is 0 Å². The summed E-state index contributed by atoms with van der Waals surface area (Å²) in [5.41, 5.74) is 1.28. The van der Waals surface area contributed by atoms with Gasteiger partial charge in [-0.15, -0.1) is 0 Å². The van der Waals surface area contributed by atoms with E-state index in [-0.39, 0.29) is 37.1 Å². The van der Waals surface area contributed by atoms with Gasteiger partial charge in [0.15, 0.2) is 0 Å². The average molecular weight is 369 g/mol. The fourth-order valence-electron chi connectivity index (χ4n) is 2.97. The third-order valence-electron chi connectivity index (χ3n) is 4.36. The first-order chi connectivity index (χ1) is 13.1. The highest BCUT2D eigenvalue weighted by Crippen LogP contribution is 2.29. The Balaban J connectivity index is 1.38. The number of aromatic nitrogens is 2. The second-order valence-electron chi connectivity index (χ2n) is 6.40. The molecule has 1 aliphatic rings. The Morgan fingerprint density at radius 3 is 2.85 bits per heavy atom. The van der Waals surface area contributed by atoms with Crippen molar-refractivity contribution < 1.29 is 14.4 Å². The fourth-order valence-corrected chi connectivity index (χ4v) is 2.97. The molecule has 0 saturated heterocycles. The van der Waals surface area contributed by atoms with Crippen molar-refractivity contribution >= 4 is 29.1 Å². The number of unbranched alkanes of at least 4 members (excludes halogenated alkanes) is 1. The lowest BCUT2D eigenvalue weighted by atomic mass is 10.1. The van der Waals surface area contributed by atoms with E-state index in [0.29, 0.717) is 17.9 Å². The smallest absolute Gasteiger partial charge is 0.244 e. The van der Waals surface area contributed by atoms with Gasteiger partial charge in [0.2, 0.25) is 17.7 Å². The van der Waals surface area contributed by atoms with Crippen molar-refractivity contribution in [3.8, 4) is 0 Å². The first-order valence-corrected chi connectivity index (χ1v) is 9.05. The number of anilines is 2. The number of para-hydroxylation sites is 2. The molecule has 2 heterocycles. The first-order valence-electron chi connectivity index (χ1n) is 9.05. The van der Waals surface area contributed by atoms with Gasteiger partial charge in [-0.3, -0.25) is 14.4 Å². The average Bonchev–Trinajstić information content (AvgIpc) is 3.18. The topological polar surface area (TPSA) is 96.3 Å². The van der Waals surface area contributed by atoms with Gasteiger partial charge in [0.25, 0.3) is 0 Å². The molecule has 0 bridgehead atoms. The molecule has 0 aliphatic carbocycles. The van der Waals surface area contributed by atoms with Crippen LogP contribution < -0.4 is 15.5 Å². The maximum absolute atomic E-state index is 12.5. The number of carbonyl (C=O) groups is 3. The molecule has 8 heteroatoms. The van der Waals surface area contributed by atoms with Crippen molar-refractivity contribution in [2.45, 2.75) is 32.2 Å². The van der Waals surface area contributed by atoms with Crippen molar-refractivity contribution in [1.82, 2.24) is 14.9 Å². The molecule has 1 aromatic carbocycles. The molecule has 1 aliphatic heterocycles. The van der Waals surface area contributed by atoms with Gasteiger partial charge in [0, 0.05) is 38.3 Å². The molecular formula is C19H23N5O3. The molecule has 142 valence electrons. The lowest BCUT2D eigenvalue weighted by Crippen LogP contribution is -2.42. The first kappa shape index (κ1) is 18.6. The normalized spacial score (nSPS) is 13.0. The van der Waals surface area contributed by atoms with Crippen LogP contribution in [-0.4, -0.2) is 40.4 Å². The summed E-state index contributed by atoms with van der Waals surface area (Å²) in [7, 11) is 0. The zero-order chi connectivity index (χ0) is 19.1. The molecular weight excluding hydrogens is 346 g/mol. The van der Waals surface area contributed by atoms with Crippen molar-refractivity contribution in [1.29, 1.82) is 0 Å². The van der Waals surface area contributed by atoms with Gasteiger partial charge >= 0.3 is 0 Å². The number of nitrogens with zero attached hydrogens (tertiary/aromatic N) is 3. The Bertz CT molecular complexity index is 803. The minimum Gasteiger partial charge on any atom is -0.356 e. The summed E-state index contributed by atoms with van der Waals surface area (Å²) in [6.45, 7) is 1.42. The Kier molecular flexibility index (Phi) is 6.19. The number of hydrogen-bond donors (Lipinski definition) is 2. The van der Waals surface area contributed by atoms with E-state index < -0.39 is 0 Å². The van der Waals surface area contributed by atoms with E-state index in [1.54, 1.807) is 30.7 Å². The predicted molar refractivity (Wildman–Crippen MR) is 101 cm³/mol. The molecule has 1 aromatic heterocycles. The highest BCUT2D eigenvalue weighted by molar-refractivity contribution is 6.10. The summed E-state index contributed by atoms with van der Waals surface area (Å²) in [6, 6.07) is 7.15. The lowest BCUT2D eigenvalue weighted by Gasteiger charge is -2.29. The van der Waals surface area contributed by atoms with Crippen LogP contribution in [0.15, 0.2) is 43.0 Å². The number of hydrogen-bond acceptors (Lipinski definition) is 4. The summed E-state index contributed by atoms with van der Waals surface area (Å²) in [5.74, 6) is -0.613. The van der Waals surface area contributed by atoms with Gasteiger partial charge in [0.1, 0.15) is 6.54 Å². The van der Waals surface area contributed by atoms with Crippen LogP contribution in [0, 0.1) is 0 Å². The SMILES string of the molecule is O=C(CCC(=O)N1CC(=O)Nc2ccccc21)NCCCCn1ccnc1. The molecule has 8 nitrogen and oxygen atoms in total. The highest BCUT2D eigenvalue weighted by atomic mass is 16.2. The number of carbonyl (C=O) groups excluding carboxylic acids is 3. The van der Waals surface area contributed by atoms with Crippen LogP contribution in [0.4, 0.5) is 11.4 Å². The number of nitrogens with one attached hydrogen (secondary N) is 2. The molecule has 27 heavy (non-hydrogen) atoms. The summed E-state index contributed by atoms with van der Waals surface area (Å²) in [5, 5.41) is 5.58. The Labute approximate surface area is 157 Å². The van der Waals surface area contributed by atoms with E-state index in [1.165, 1.54) is 4.90 Å². The number of aryl methyl sites for hydroxylation is 1. The van der Waals surface area contributed by atoms with Gasteiger partial charge in [-0.2, -0.15) is 0 Å². The molecule has 0 unspecified atom stereocenters. The van der Waals surface area contributed by atoms with E-state index in [1.807, 2.05) is 16.8 Å². The van der Waals surface area contributed by atoms with Gasteiger partial charge in [-0.05, 0) is 25.0 Å². The van der Waals surface area contributed by atoms with Crippen molar-refractivity contribution in [3.63, 3.8) is 0 Å². The number of amides is 3. The van der Waals surface area contributed by atoms with Crippen molar-refractivity contribution in [2.75, 3.05) is 23.3 Å². The van der Waals surface area contributed by atoms with Crippen LogP contribution in [0.3, 0.4) is 0 Å². The molecule has 0 spiro atoms. The second kappa shape index (κ2) is 8.98. The van der Waals surface area contributed by atoms with Gasteiger partial charge in [-0.1, -0.05) is 12.1 Å². The molecule has 0 atom stereocenters. The van der Waals surface area contributed by atoms with Crippen molar-refractivity contribution in [2.24, 2.45) is 0 Å².